The number of hydrogen-bond acceptors (Lipinski definition) is 4. The second-order valence-corrected chi connectivity index (χ2v) is 1.87. The van der Waals surface area contributed by atoms with Crippen LogP contribution in [0.5, 0.6) is 0 Å². The molecule has 0 spiro atoms. The molecule has 66 valence electrons. The molecular formula is C7H9ClN2O2. The molecule has 0 aromatic heterocycles. The number of hydrazine groups is 1. The monoisotopic (exact) mass is 188 g/mol. The van der Waals surface area contributed by atoms with Gasteiger partial charge < -0.3 is 4.84 Å². The number of nitrogens with two attached hydrogens (primary N) is 1. The van der Waals surface area contributed by atoms with Crippen LogP contribution in [0.4, 0.5) is 0 Å². The number of benzene rings is 1. The molecule has 0 heterocycles. The van der Waals surface area contributed by atoms with E-state index in [9.17, 15) is 4.79 Å². The van der Waals surface area contributed by atoms with Gasteiger partial charge >= 0.3 is 5.97 Å². The van der Waals surface area contributed by atoms with E-state index in [1.807, 2.05) is 11.7 Å². The van der Waals surface area contributed by atoms with E-state index in [0.29, 0.717) is 5.56 Å². The van der Waals surface area contributed by atoms with Gasteiger partial charge in [-0.15, -0.1) is 12.4 Å². The predicted octanol–water partition coefficient (Wildman–Crippen LogP) is 0.644. The molecule has 0 bridgehead atoms. The van der Waals surface area contributed by atoms with E-state index in [4.69, 9.17) is 5.84 Å². The van der Waals surface area contributed by atoms with Gasteiger partial charge in [0.05, 0.1) is 5.56 Å². The highest BCUT2D eigenvalue weighted by atomic mass is 35.5. The Morgan fingerprint density at radius 1 is 1.33 bits per heavy atom. The summed E-state index contributed by atoms with van der Waals surface area (Å²) in [5.74, 6) is 4.28. The van der Waals surface area contributed by atoms with Crippen molar-refractivity contribution in [2.75, 3.05) is 0 Å². The summed E-state index contributed by atoms with van der Waals surface area (Å²) < 4.78 is 0. The lowest BCUT2D eigenvalue weighted by Crippen LogP contribution is -2.26. The Balaban J connectivity index is 0.00000121. The molecule has 0 saturated carbocycles. The highest BCUT2D eigenvalue weighted by Gasteiger charge is 2.03. The first-order chi connectivity index (χ1) is 5.34. The number of carbonyl (C=O) groups excluding carboxylic acids is 1. The minimum absolute atomic E-state index is 0. The highest BCUT2D eigenvalue weighted by molar-refractivity contribution is 5.89. The molecule has 4 nitrogen and oxygen atoms in total. The molecule has 0 radical (unpaired) electrons. The summed E-state index contributed by atoms with van der Waals surface area (Å²) in [4.78, 5) is 15.2. The molecule has 1 rings (SSSR count). The normalized spacial score (nSPS) is 8.42. The van der Waals surface area contributed by atoms with Crippen molar-refractivity contribution in [2.45, 2.75) is 0 Å². The van der Waals surface area contributed by atoms with Crippen LogP contribution < -0.4 is 11.4 Å². The average Bonchev–Trinajstić information content (AvgIpc) is 2.07. The fourth-order valence-corrected chi connectivity index (χ4v) is 0.687. The first-order valence-corrected chi connectivity index (χ1v) is 3.06. The van der Waals surface area contributed by atoms with Crippen molar-refractivity contribution in [2.24, 2.45) is 5.84 Å². The van der Waals surface area contributed by atoms with Gasteiger partial charge in [0, 0.05) is 0 Å². The molecule has 3 N–H and O–H groups in total. The van der Waals surface area contributed by atoms with Crippen molar-refractivity contribution >= 4 is 18.4 Å². The van der Waals surface area contributed by atoms with Crippen molar-refractivity contribution in [3.05, 3.63) is 35.9 Å². The Labute approximate surface area is 76.0 Å². The predicted molar refractivity (Wildman–Crippen MR) is 46.4 cm³/mol. The Bertz CT molecular complexity index is 240. The Kier molecular flexibility index (Phi) is 5.03. The standard InChI is InChI=1S/C7H8N2O2.ClH/c8-9-11-7(10)6-4-2-1-3-5-6;/h1-5,9H,8H2;1H. The zero-order valence-electron chi connectivity index (χ0n) is 6.19. The summed E-state index contributed by atoms with van der Waals surface area (Å²) in [5, 5.41) is 0. The molecule has 0 aliphatic carbocycles. The second kappa shape index (κ2) is 5.54. The lowest BCUT2D eigenvalue weighted by molar-refractivity contribution is 0.0254. The van der Waals surface area contributed by atoms with Crippen molar-refractivity contribution in [3.8, 4) is 0 Å². The molecule has 0 saturated heterocycles. The van der Waals surface area contributed by atoms with Gasteiger partial charge in [-0.3, -0.25) is 0 Å². The lowest BCUT2D eigenvalue weighted by Gasteiger charge is -1.98. The van der Waals surface area contributed by atoms with Gasteiger partial charge in [0.2, 0.25) is 0 Å². The molecule has 0 amide bonds. The fourth-order valence-electron chi connectivity index (χ4n) is 0.687. The molecule has 5 heteroatoms. The van der Waals surface area contributed by atoms with Crippen LogP contribution in [0.3, 0.4) is 0 Å². The molecule has 0 unspecified atom stereocenters. The van der Waals surface area contributed by atoms with E-state index in [0.717, 1.165) is 0 Å². The van der Waals surface area contributed by atoms with Crippen LogP contribution in [0.25, 0.3) is 0 Å². The minimum atomic E-state index is -0.493. The van der Waals surface area contributed by atoms with Crippen LogP contribution in [0.1, 0.15) is 10.4 Å². The Hall–Kier alpha value is -1.10. The van der Waals surface area contributed by atoms with E-state index >= 15 is 0 Å². The van der Waals surface area contributed by atoms with E-state index < -0.39 is 5.97 Å². The third kappa shape index (κ3) is 2.87. The maximum absolute atomic E-state index is 10.9. The van der Waals surface area contributed by atoms with E-state index in [1.165, 1.54) is 0 Å². The van der Waals surface area contributed by atoms with Gasteiger partial charge in [-0.1, -0.05) is 23.8 Å². The SMILES string of the molecule is Cl.NNOC(=O)c1ccccc1. The van der Waals surface area contributed by atoms with E-state index in [1.54, 1.807) is 24.3 Å². The van der Waals surface area contributed by atoms with Gasteiger partial charge in [0.25, 0.3) is 0 Å². The van der Waals surface area contributed by atoms with Crippen LogP contribution in [-0.4, -0.2) is 5.97 Å². The number of hydrogen-bond donors (Lipinski definition) is 2. The topological polar surface area (TPSA) is 64.3 Å². The van der Waals surface area contributed by atoms with Crippen molar-refractivity contribution < 1.29 is 9.63 Å². The van der Waals surface area contributed by atoms with Crippen LogP contribution in [-0.2, 0) is 4.84 Å². The van der Waals surface area contributed by atoms with Crippen LogP contribution in [0.15, 0.2) is 30.3 Å². The summed E-state index contributed by atoms with van der Waals surface area (Å²) in [7, 11) is 0. The summed E-state index contributed by atoms with van der Waals surface area (Å²) in [6.07, 6.45) is 0. The smallest absolute Gasteiger partial charge is 0.351 e. The van der Waals surface area contributed by atoms with Crippen LogP contribution >= 0.6 is 12.4 Å². The third-order valence-electron chi connectivity index (χ3n) is 1.16. The van der Waals surface area contributed by atoms with Crippen molar-refractivity contribution in [1.29, 1.82) is 0 Å². The maximum atomic E-state index is 10.9. The number of halogens is 1. The lowest BCUT2D eigenvalue weighted by atomic mass is 10.2. The maximum Gasteiger partial charge on any atom is 0.357 e. The zero-order valence-corrected chi connectivity index (χ0v) is 7.01. The second-order valence-electron chi connectivity index (χ2n) is 1.87. The number of rotatable bonds is 2. The quantitative estimate of drug-likeness (QED) is 0.528. The average molecular weight is 189 g/mol. The molecule has 0 fully saturated rings. The number of nitrogens with one attached hydrogen (secondary N) is 1. The van der Waals surface area contributed by atoms with Gasteiger partial charge in [0.15, 0.2) is 0 Å². The van der Waals surface area contributed by atoms with Crippen LogP contribution in [0, 0.1) is 0 Å². The first kappa shape index (κ1) is 10.9. The van der Waals surface area contributed by atoms with Crippen molar-refractivity contribution in [3.63, 3.8) is 0 Å². The first-order valence-electron chi connectivity index (χ1n) is 3.06. The van der Waals surface area contributed by atoms with Gasteiger partial charge in [-0.25, -0.2) is 10.6 Å². The summed E-state index contributed by atoms with van der Waals surface area (Å²) >= 11 is 0. The van der Waals surface area contributed by atoms with Gasteiger partial charge in [-0.2, -0.15) is 0 Å². The molecule has 1 aromatic carbocycles. The minimum Gasteiger partial charge on any atom is -0.351 e. The summed E-state index contributed by atoms with van der Waals surface area (Å²) in [6.45, 7) is 0. The molecule has 0 aliphatic heterocycles. The van der Waals surface area contributed by atoms with Crippen molar-refractivity contribution in [1.82, 2.24) is 5.59 Å². The molecule has 1 aromatic rings. The number of carbonyl (C=O) groups is 1. The molecule has 0 atom stereocenters. The Morgan fingerprint density at radius 2 is 1.92 bits per heavy atom. The molecule has 12 heavy (non-hydrogen) atoms. The van der Waals surface area contributed by atoms with E-state index in [2.05, 4.69) is 4.84 Å². The summed E-state index contributed by atoms with van der Waals surface area (Å²) in [6, 6.07) is 8.58. The van der Waals surface area contributed by atoms with Crippen LogP contribution in [0.2, 0.25) is 0 Å². The fraction of sp³-hybridized carbons (Fsp3) is 0. The molecule has 0 aliphatic rings. The van der Waals surface area contributed by atoms with Gasteiger partial charge in [-0.05, 0) is 12.1 Å². The molecular weight excluding hydrogens is 180 g/mol. The largest absolute Gasteiger partial charge is 0.357 e. The zero-order chi connectivity index (χ0) is 8.10. The summed E-state index contributed by atoms with van der Waals surface area (Å²) in [5.41, 5.74) is 2.28. The third-order valence-corrected chi connectivity index (χ3v) is 1.16. The highest BCUT2D eigenvalue weighted by Crippen LogP contribution is 1.98. The van der Waals surface area contributed by atoms with E-state index in [-0.39, 0.29) is 12.4 Å². The Morgan fingerprint density at radius 3 is 2.42 bits per heavy atom. The van der Waals surface area contributed by atoms with Gasteiger partial charge in [0.1, 0.15) is 0 Å².